The molecular weight excluding hydrogens is 284 g/mol. The topological polar surface area (TPSA) is 110 Å². The summed E-state index contributed by atoms with van der Waals surface area (Å²) in [6, 6.07) is 6.17. The van der Waals surface area contributed by atoms with E-state index >= 15 is 0 Å². The third kappa shape index (κ3) is 3.15. The van der Waals surface area contributed by atoms with Crippen LogP contribution < -0.4 is 4.72 Å². The molecule has 0 spiro atoms. The molecule has 1 aromatic carbocycles. The minimum atomic E-state index is -3.35. The van der Waals surface area contributed by atoms with E-state index in [0.29, 0.717) is 11.3 Å². The molecule has 0 aliphatic carbocycles. The summed E-state index contributed by atoms with van der Waals surface area (Å²) in [7, 11) is -3.35. The Bertz CT molecular complexity index is 747. The highest BCUT2D eigenvalue weighted by atomic mass is 32.2. The highest BCUT2D eigenvalue weighted by Crippen LogP contribution is 2.25. The summed E-state index contributed by atoms with van der Waals surface area (Å²) >= 11 is 0. The van der Waals surface area contributed by atoms with Gasteiger partial charge in [0.25, 0.3) is 0 Å². The molecular formula is C12H12N2O5S. The van der Waals surface area contributed by atoms with Gasteiger partial charge in [-0.15, -0.1) is 0 Å². The second kappa shape index (κ2) is 4.97. The molecule has 20 heavy (non-hydrogen) atoms. The lowest BCUT2D eigenvalue weighted by Gasteiger charge is -2.04. The van der Waals surface area contributed by atoms with Crippen LogP contribution in [-0.2, 0) is 10.0 Å². The van der Waals surface area contributed by atoms with E-state index in [1.54, 1.807) is 19.1 Å². The van der Waals surface area contributed by atoms with Crippen molar-refractivity contribution >= 4 is 21.7 Å². The molecule has 0 atom stereocenters. The number of carboxylic acids is 1. The summed E-state index contributed by atoms with van der Waals surface area (Å²) in [5.41, 5.74) is 1.12. The molecule has 0 bridgehead atoms. The summed E-state index contributed by atoms with van der Waals surface area (Å²) in [6.45, 7) is 1.55. The number of benzene rings is 1. The van der Waals surface area contributed by atoms with Crippen LogP contribution in [0, 0.1) is 6.92 Å². The van der Waals surface area contributed by atoms with Crippen LogP contribution in [0.5, 0.6) is 0 Å². The maximum Gasteiger partial charge on any atom is 0.374 e. The van der Waals surface area contributed by atoms with Crippen molar-refractivity contribution in [3.05, 3.63) is 35.9 Å². The van der Waals surface area contributed by atoms with E-state index in [9.17, 15) is 13.2 Å². The van der Waals surface area contributed by atoms with Gasteiger partial charge in [0, 0.05) is 18.2 Å². The van der Waals surface area contributed by atoms with Gasteiger partial charge in [0.15, 0.2) is 5.89 Å². The van der Waals surface area contributed by atoms with Crippen LogP contribution in [0.4, 0.5) is 5.69 Å². The van der Waals surface area contributed by atoms with E-state index in [0.717, 1.165) is 6.26 Å². The quantitative estimate of drug-likeness (QED) is 0.889. The summed E-state index contributed by atoms with van der Waals surface area (Å²) in [4.78, 5) is 15.1. The van der Waals surface area contributed by atoms with Gasteiger partial charge in [-0.25, -0.2) is 18.2 Å². The molecule has 7 nitrogen and oxygen atoms in total. The summed E-state index contributed by atoms with van der Waals surface area (Å²) in [5.74, 6) is -1.21. The zero-order valence-electron chi connectivity index (χ0n) is 10.7. The molecule has 0 aliphatic heterocycles. The zero-order valence-corrected chi connectivity index (χ0v) is 11.6. The third-order valence-corrected chi connectivity index (χ3v) is 3.00. The first-order valence-electron chi connectivity index (χ1n) is 5.55. The van der Waals surface area contributed by atoms with Gasteiger partial charge in [0.1, 0.15) is 5.69 Å². The van der Waals surface area contributed by atoms with Crippen LogP contribution in [0.3, 0.4) is 0 Å². The number of hydrogen-bond acceptors (Lipinski definition) is 5. The molecule has 0 amide bonds. The number of carboxylic acid groups (broad SMARTS) is 1. The second-order valence-corrected chi connectivity index (χ2v) is 5.92. The molecule has 0 unspecified atom stereocenters. The Hall–Kier alpha value is -2.35. The lowest BCUT2D eigenvalue weighted by molar-refractivity contribution is 0.0662. The number of aromatic carboxylic acids is 1. The third-order valence-electron chi connectivity index (χ3n) is 2.39. The average Bonchev–Trinajstić information content (AvgIpc) is 2.70. The van der Waals surface area contributed by atoms with Gasteiger partial charge in [-0.1, -0.05) is 12.1 Å². The number of carbonyl (C=O) groups is 1. The maximum atomic E-state index is 11.1. The van der Waals surface area contributed by atoms with E-state index in [1.807, 2.05) is 0 Å². The van der Waals surface area contributed by atoms with E-state index in [1.165, 1.54) is 12.1 Å². The highest BCUT2D eigenvalue weighted by molar-refractivity contribution is 7.92. The fourth-order valence-electron chi connectivity index (χ4n) is 1.68. The molecule has 2 N–H and O–H groups in total. The van der Waals surface area contributed by atoms with Gasteiger partial charge in [-0.2, -0.15) is 0 Å². The van der Waals surface area contributed by atoms with Crippen molar-refractivity contribution in [2.24, 2.45) is 0 Å². The van der Waals surface area contributed by atoms with Crippen LogP contribution in [0.15, 0.2) is 28.7 Å². The van der Waals surface area contributed by atoms with E-state index in [4.69, 9.17) is 9.52 Å². The number of aryl methyl sites for hydroxylation is 1. The van der Waals surface area contributed by atoms with Crippen LogP contribution in [0.2, 0.25) is 0 Å². The number of rotatable bonds is 4. The monoisotopic (exact) mass is 296 g/mol. The number of hydrogen-bond donors (Lipinski definition) is 2. The van der Waals surface area contributed by atoms with E-state index in [-0.39, 0.29) is 17.3 Å². The van der Waals surface area contributed by atoms with Gasteiger partial charge in [0.2, 0.25) is 15.8 Å². The highest BCUT2D eigenvalue weighted by Gasteiger charge is 2.19. The number of sulfonamides is 1. The van der Waals surface area contributed by atoms with Crippen molar-refractivity contribution in [3.63, 3.8) is 0 Å². The lowest BCUT2D eigenvalue weighted by atomic mass is 10.1. The lowest BCUT2D eigenvalue weighted by Crippen LogP contribution is -2.09. The number of anilines is 1. The minimum Gasteiger partial charge on any atom is -0.475 e. The molecule has 0 saturated heterocycles. The Labute approximate surface area is 115 Å². The fourth-order valence-corrected chi connectivity index (χ4v) is 2.24. The first kappa shape index (κ1) is 14.1. The number of nitrogens with one attached hydrogen (secondary N) is 1. The Morgan fingerprint density at radius 3 is 2.40 bits per heavy atom. The van der Waals surface area contributed by atoms with E-state index in [2.05, 4.69) is 9.71 Å². The number of nitrogens with zero attached hydrogens (tertiary/aromatic N) is 1. The Kier molecular flexibility index (Phi) is 3.49. The molecule has 1 aromatic heterocycles. The Morgan fingerprint density at radius 2 is 1.90 bits per heavy atom. The van der Waals surface area contributed by atoms with Crippen LogP contribution >= 0.6 is 0 Å². The molecule has 2 aromatic rings. The van der Waals surface area contributed by atoms with Crippen molar-refractivity contribution in [1.29, 1.82) is 0 Å². The fraction of sp³-hybridized carbons (Fsp3) is 0.167. The van der Waals surface area contributed by atoms with Gasteiger partial charge in [0.05, 0.1) is 6.26 Å². The largest absolute Gasteiger partial charge is 0.475 e. The summed E-state index contributed by atoms with van der Waals surface area (Å²) in [5, 5.41) is 9.02. The molecule has 0 saturated carbocycles. The van der Waals surface area contributed by atoms with Crippen molar-refractivity contribution in [2.45, 2.75) is 6.92 Å². The molecule has 0 radical (unpaired) electrons. The molecule has 0 aliphatic rings. The van der Waals surface area contributed by atoms with Gasteiger partial charge in [-0.3, -0.25) is 4.72 Å². The van der Waals surface area contributed by atoms with Crippen LogP contribution in [0.1, 0.15) is 16.4 Å². The Balaban J connectivity index is 2.38. The van der Waals surface area contributed by atoms with Gasteiger partial charge < -0.3 is 9.52 Å². The minimum absolute atomic E-state index is 0.209. The van der Waals surface area contributed by atoms with Crippen molar-refractivity contribution in [2.75, 3.05) is 11.0 Å². The van der Waals surface area contributed by atoms with Crippen molar-refractivity contribution in [3.8, 4) is 11.3 Å². The normalized spacial score (nSPS) is 11.3. The Morgan fingerprint density at radius 1 is 1.30 bits per heavy atom. The molecule has 1 heterocycles. The molecule has 0 fully saturated rings. The molecule has 2 rings (SSSR count). The molecule has 8 heteroatoms. The number of aromatic nitrogens is 1. The smallest absolute Gasteiger partial charge is 0.374 e. The van der Waals surface area contributed by atoms with Crippen molar-refractivity contribution in [1.82, 2.24) is 4.98 Å². The maximum absolute atomic E-state index is 11.1. The van der Waals surface area contributed by atoms with Gasteiger partial charge >= 0.3 is 5.97 Å². The van der Waals surface area contributed by atoms with Crippen molar-refractivity contribution < 1.29 is 22.7 Å². The standard InChI is InChI=1S/C12H12N2O5S/c1-7-13-10(11(19-7)12(15)16)8-3-5-9(6-4-8)14-20(2,17)18/h3-6,14H,1-2H3,(H,15,16). The first-order chi connectivity index (χ1) is 9.26. The predicted molar refractivity (Wildman–Crippen MR) is 72.1 cm³/mol. The summed E-state index contributed by atoms with van der Waals surface area (Å²) in [6.07, 6.45) is 1.05. The predicted octanol–water partition coefficient (Wildman–Crippen LogP) is 1.72. The average molecular weight is 296 g/mol. The summed E-state index contributed by atoms with van der Waals surface area (Å²) < 4.78 is 29.5. The molecule has 106 valence electrons. The number of oxazole rings is 1. The van der Waals surface area contributed by atoms with Crippen LogP contribution in [-0.4, -0.2) is 30.7 Å². The zero-order chi connectivity index (χ0) is 14.9. The van der Waals surface area contributed by atoms with Crippen LogP contribution in [0.25, 0.3) is 11.3 Å². The van der Waals surface area contributed by atoms with Gasteiger partial charge in [-0.05, 0) is 12.1 Å². The SMILES string of the molecule is Cc1nc(-c2ccc(NS(C)(=O)=O)cc2)c(C(=O)O)o1. The van der Waals surface area contributed by atoms with E-state index < -0.39 is 16.0 Å². The second-order valence-electron chi connectivity index (χ2n) is 4.17. The first-order valence-corrected chi connectivity index (χ1v) is 7.44.